The molecule has 0 fully saturated rings. The normalized spacial score (nSPS) is 11.5. The SMILES string of the molecule is O=C(Nc1ccc2c(c1)Cc1ccccc1-2)c1cccc([N+](=O)[O-])c1. The minimum Gasteiger partial charge on any atom is -0.322 e. The van der Waals surface area contributed by atoms with E-state index < -0.39 is 4.92 Å². The molecular weight excluding hydrogens is 316 g/mol. The molecule has 0 radical (unpaired) electrons. The largest absolute Gasteiger partial charge is 0.322 e. The molecule has 0 atom stereocenters. The Hall–Kier alpha value is -3.47. The van der Waals surface area contributed by atoms with Crippen LogP contribution in [0.15, 0.2) is 66.7 Å². The van der Waals surface area contributed by atoms with Gasteiger partial charge in [0.05, 0.1) is 4.92 Å². The second-order valence-electron chi connectivity index (χ2n) is 5.97. The Balaban J connectivity index is 1.58. The van der Waals surface area contributed by atoms with E-state index in [0.717, 1.165) is 12.0 Å². The molecule has 0 bridgehead atoms. The molecule has 5 heteroatoms. The summed E-state index contributed by atoms with van der Waals surface area (Å²) in [4.78, 5) is 22.7. The van der Waals surface area contributed by atoms with Crippen LogP contribution in [0.3, 0.4) is 0 Å². The summed E-state index contributed by atoms with van der Waals surface area (Å²) >= 11 is 0. The Morgan fingerprint density at radius 1 is 0.920 bits per heavy atom. The zero-order valence-electron chi connectivity index (χ0n) is 13.2. The molecule has 3 aromatic carbocycles. The predicted octanol–water partition coefficient (Wildman–Crippen LogP) is 4.42. The molecule has 122 valence electrons. The topological polar surface area (TPSA) is 72.2 Å². The number of hydrogen-bond acceptors (Lipinski definition) is 3. The minimum absolute atomic E-state index is 0.1000. The molecule has 1 aliphatic rings. The van der Waals surface area contributed by atoms with Gasteiger partial charge in [-0.05, 0) is 46.9 Å². The molecule has 1 N–H and O–H groups in total. The Labute approximate surface area is 144 Å². The van der Waals surface area contributed by atoms with Crippen molar-refractivity contribution in [1.29, 1.82) is 0 Å². The van der Waals surface area contributed by atoms with Gasteiger partial charge in [-0.25, -0.2) is 0 Å². The monoisotopic (exact) mass is 330 g/mol. The fourth-order valence-corrected chi connectivity index (χ4v) is 3.19. The van der Waals surface area contributed by atoms with Gasteiger partial charge < -0.3 is 5.32 Å². The van der Waals surface area contributed by atoms with Gasteiger partial charge in [-0.1, -0.05) is 36.4 Å². The number of nitro benzene ring substituents is 1. The fourth-order valence-electron chi connectivity index (χ4n) is 3.19. The molecule has 25 heavy (non-hydrogen) atoms. The lowest BCUT2D eigenvalue weighted by atomic mass is 10.1. The lowest BCUT2D eigenvalue weighted by Crippen LogP contribution is -2.12. The maximum Gasteiger partial charge on any atom is 0.270 e. The number of anilines is 1. The average Bonchev–Trinajstić information content (AvgIpc) is 2.99. The van der Waals surface area contributed by atoms with Crippen molar-refractivity contribution in [1.82, 2.24) is 0 Å². The second kappa shape index (κ2) is 5.87. The summed E-state index contributed by atoms with van der Waals surface area (Å²) in [6.07, 6.45) is 0.839. The zero-order valence-corrected chi connectivity index (χ0v) is 13.2. The van der Waals surface area contributed by atoms with Crippen LogP contribution in [-0.4, -0.2) is 10.8 Å². The van der Waals surface area contributed by atoms with E-state index in [4.69, 9.17) is 0 Å². The number of amides is 1. The van der Waals surface area contributed by atoms with Gasteiger partial charge in [0, 0.05) is 23.4 Å². The number of hydrogen-bond donors (Lipinski definition) is 1. The third-order valence-electron chi connectivity index (χ3n) is 4.37. The quantitative estimate of drug-likeness (QED) is 0.446. The van der Waals surface area contributed by atoms with Gasteiger partial charge in [0.15, 0.2) is 0 Å². The predicted molar refractivity (Wildman–Crippen MR) is 95.7 cm³/mol. The molecule has 0 saturated carbocycles. The number of nitro groups is 1. The summed E-state index contributed by atoms with van der Waals surface area (Å²) in [6.45, 7) is 0. The van der Waals surface area contributed by atoms with E-state index >= 15 is 0 Å². The summed E-state index contributed by atoms with van der Waals surface area (Å²) in [5.74, 6) is -0.362. The highest BCUT2D eigenvalue weighted by molar-refractivity contribution is 6.04. The van der Waals surface area contributed by atoms with Crippen LogP contribution in [0, 0.1) is 10.1 Å². The average molecular weight is 330 g/mol. The third kappa shape index (κ3) is 2.76. The molecule has 1 amide bonds. The van der Waals surface area contributed by atoms with Crippen molar-refractivity contribution < 1.29 is 9.72 Å². The lowest BCUT2D eigenvalue weighted by molar-refractivity contribution is -0.384. The van der Waals surface area contributed by atoms with Crippen LogP contribution in [0.2, 0.25) is 0 Å². The van der Waals surface area contributed by atoms with Gasteiger partial charge >= 0.3 is 0 Å². The van der Waals surface area contributed by atoms with Crippen molar-refractivity contribution in [2.45, 2.75) is 6.42 Å². The van der Waals surface area contributed by atoms with Gasteiger partial charge in [-0.15, -0.1) is 0 Å². The Morgan fingerprint density at radius 3 is 2.56 bits per heavy atom. The van der Waals surface area contributed by atoms with E-state index in [0.29, 0.717) is 5.69 Å². The van der Waals surface area contributed by atoms with E-state index in [1.54, 1.807) is 6.07 Å². The first-order chi connectivity index (χ1) is 12.1. The van der Waals surface area contributed by atoms with E-state index in [1.807, 2.05) is 30.3 Å². The lowest BCUT2D eigenvalue weighted by Gasteiger charge is -2.08. The maximum absolute atomic E-state index is 12.4. The summed E-state index contributed by atoms with van der Waals surface area (Å²) in [5.41, 5.74) is 5.70. The molecular formula is C20H14N2O3. The highest BCUT2D eigenvalue weighted by Crippen LogP contribution is 2.37. The van der Waals surface area contributed by atoms with E-state index in [1.165, 1.54) is 34.9 Å². The van der Waals surface area contributed by atoms with Crippen molar-refractivity contribution in [2.75, 3.05) is 5.32 Å². The van der Waals surface area contributed by atoms with Gasteiger partial charge in [0.1, 0.15) is 0 Å². The van der Waals surface area contributed by atoms with Crippen LogP contribution < -0.4 is 5.32 Å². The fraction of sp³-hybridized carbons (Fsp3) is 0.0500. The number of nitrogens with zero attached hydrogens (tertiary/aromatic N) is 1. The molecule has 0 saturated heterocycles. The van der Waals surface area contributed by atoms with Crippen molar-refractivity contribution >= 4 is 17.3 Å². The van der Waals surface area contributed by atoms with Crippen LogP contribution in [-0.2, 0) is 6.42 Å². The van der Waals surface area contributed by atoms with Crippen LogP contribution in [0.25, 0.3) is 11.1 Å². The number of carbonyl (C=O) groups is 1. The summed E-state index contributed by atoms with van der Waals surface area (Å²) < 4.78 is 0. The number of benzene rings is 3. The first-order valence-electron chi connectivity index (χ1n) is 7.89. The van der Waals surface area contributed by atoms with Crippen LogP contribution >= 0.6 is 0 Å². The Morgan fingerprint density at radius 2 is 1.72 bits per heavy atom. The first kappa shape index (κ1) is 15.1. The smallest absolute Gasteiger partial charge is 0.270 e. The highest BCUT2D eigenvalue weighted by atomic mass is 16.6. The van der Waals surface area contributed by atoms with Gasteiger partial charge in [-0.2, -0.15) is 0 Å². The first-order valence-corrected chi connectivity index (χ1v) is 7.89. The molecule has 0 spiro atoms. The maximum atomic E-state index is 12.4. The van der Waals surface area contributed by atoms with Crippen molar-refractivity contribution in [3.8, 4) is 11.1 Å². The zero-order chi connectivity index (χ0) is 17.4. The molecule has 0 aromatic heterocycles. The molecule has 0 aliphatic heterocycles. The van der Waals surface area contributed by atoms with Crippen molar-refractivity contribution in [2.24, 2.45) is 0 Å². The third-order valence-corrected chi connectivity index (χ3v) is 4.37. The summed E-state index contributed by atoms with van der Waals surface area (Å²) in [7, 11) is 0. The highest BCUT2D eigenvalue weighted by Gasteiger charge is 2.18. The molecule has 5 nitrogen and oxygen atoms in total. The van der Waals surface area contributed by atoms with E-state index in [-0.39, 0.29) is 17.2 Å². The van der Waals surface area contributed by atoms with Crippen molar-refractivity contribution in [3.05, 3.63) is 93.5 Å². The molecule has 4 rings (SSSR count). The molecule has 1 aliphatic carbocycles. The van der Waals surface area contributed by atoms with Crippen molar-refractivity contribution in [3.63, 3.8) is 0 Å². The number of rotatable bonds is 3. The van der Waals surface area contributed by atoms with Gasteiger partial charge in [0.25, 0.3) is 11.6 Å². The van der Waals surface area contributed by atoms with Gasteiger partial charge in [-0.3, -0.25) is 14.9 Å². The Bertz CT molecular complexity index is 1010. The number of non-ortho nitro benzene ring substituents is 1. The molecule has 3 aromatic rings. The van der Waals surface area contributed by atoms with Crippen LogP contribution in [0.5, 0.6) is 0 Å². The standard InChI is InChI=1S/C20H14N2O3/c23-20(14-5-3-6-17(12-14)22(24)25)21-16-8-9-19-15(11-16)10-13-4-1-2-7-18(13)19/h1-9,11-12H,10H2,(H,21,23). The van der Waals surface area contributed by atoms with Crippen LogP contribution in [0.1, 0.15) is 21.5 Å². The van der Waals surface area contributed by atoms with Crippen LogP contribution in [0.4, 0.5) is 11.4 Å². The number of fused-ring (bicyclic) bond motifs is 3. The summed E-state index contributed by atoms with van der Waals surface area (Å²) in [5, 5.41) is 13.7. The molecule has 0 unspecified atom stereocenters. The second-order valence-corrected chi connectivity index (χ2v) is 5.97. The minimum atomic E-state index is -0.511. The Kier molecular flexibility index (Phi) is 3.54. The van der Waals surface area contributed by atoms with Gasteiger partial charge in [0.2, 0.25) is 0 Å². The molecule has 0 heterocycles. The number of nitrogens with one attached hydrogen (secondary N) is 1. The van der Waals surface area contributed by atoms with E-state index in [9.17, 15) is 14.9 Å². The summed E-state index contributed by atoms with van der Waals surface area (Å²) in [6, 6.07) is 19.8. The number of carbonyl (C=O) groups excluding carboxylic acids is 1. The van der Waals surface area contributed by atoms with E-state index in [2.05, 4.69) is 17.4 Å².